The van der Waals surface area contributed by atoms with Crippen molar-refractivity contribution in [1.29, 1.82) is 0 Å². The molecule has 0 aromatic rings. The topological polar surface area (TPSA) is 81.7 Å². The molecule has 0 aliphatic carbocycles. The number of hydrogen-bond donors (Lipinski definition) is 1. The maximum Gasteiger partial charge on any atom is 0.389 e. The van der Waals surface area contributed by atoms with Crippen molar-refractivity contribution in [2.75, 3.05) is 13.2 Å². The third kappa shape index (κ3) is 6.01. The van der Waals surface area contributed by atoms with Gasteiger partial charge >= 0.3 is 18.1 Å². The number of alkyl halides is 3. The van der Waals surface area contributed by atoms with E-state index in [1.54, 1.807) is 0 Å². The van der Waals surface area contributed by atoms with Crippen LogP contribution in [0.4, 0.5) is 13.2 Å². The highest BCUT2D eigenvalue weighted by Gasteiger charge is 2.49. The molecule has 0 saturated carbocycles. The molecule has 0 rings (SSSR count). The molecule has 0 aliphatic rings. The van der Waals surface area contributed by atoms with E-state index in [4.69, 9.17) is 0 Å². The summed E-state index contributed by atoms with van der Waals surface area (Å²) in [4.78, 5) is 34.5. The van der Waals surface area contributed by atoms with E-state index in [2.05, 4.69) is 9.47 Å². The normalized spacial score (nSPS) is 11.7. The smallest absolute Gasteiger partial charge is 0.389 e. The van der Waals surface area contributed by atoms with Gasteiger partial charge in [0.2, 0.25) is 11.9 Å². The number of hydrogen-bond acceptors (Lipinski definition) is 5. The van der Waals surface area contributed by atoms with Gasteiger partial charge in [0.15, 0.2) is 0 Å². The number of carbonyl (C=O) groups is 3. The third-order valence-corrected chi connectivity index (χ3v) is 2.57. The van der Waals surface area contributed by atoms with Crippen molar-refractivity contribution in [2.24, 2.45) is 0 Å². The lowest BCUT2D eigenvalue weighted by Gasteiger charge is -2.28. The average molecular weight is 313 g/mol. The molecule has 0 fully saturated rings. The molecule has 0 spiro atoms. The molecule has 0 aromatic heterocycles. The first-order valence-corrected chi connectivity index (χ1v) is 6.36. The molecule has 0 atom stereocenters. The SMILES string of the molecule is CCOC(=O)C(CCCC(F)(F)F)(NC=O)C(=O)OCC. The Hall–Kier alpha value is -1.80. The fraction of sp³-hybridized carbons (Fsp3) is 0.750. The zero-order chi connectivity index (χ0) is 16.5. The molecular weight excluding hydrogens is 295 g/mol. The minimum Gasteiger partial charge on any atom is -0.464 e. The van der Waals surface area contributed by atoms with Gasteiger partial charge in [-0.1, -0.05) is 0 Å². The van der Waals surface area contributed by atoms with Crippen LogP contribution >= 0.6 is 0 Å². The molecule has 1 amide bonds. The summed E-state index contributed by atoms with van der Waals surface area (Å²) in [5.41, 5.74) is -2.25. The molecule has 0 bridgehead atoms. The summed E-state index contributed by atoms with van der Waals surface area (Å²) in [6.45, 7) is 2.73. The van der Waals surface area contributed by atoms with Crippen molar-refractivity contribution < 1.29 is 37.0 Å². The lowest BCUT2D eigenvalue weighted by molar-refractivity contribution is -0.169. The quantitative estimate of drug-likeness (QED) is 0.394. The minimum atomic E-state index is -4.43. The number of esters is 2. The lowest BCUT2D eigenvalue weighted by Crippen LogP contribution is -2.59. The van der Waals surface area contributed by atoms with Crippen LogP contribution in [0.1, 0.15) is 33.1 Å². The number of ether oxygens (including phenoxy) is 2. The predicted octanol–water partition coefficient (Wildman–Crippen LogP) is 1.33. The summed E-state index contributed by atoms with van der Waals surface area (Å²) in [6, 6.07) is 0. The predicted molar refractivity (Wildman–Crippen MR) is 65.1 cm³/mol. The maximum absolute atomic E-state index is 12.2. The molecule has 0 aromatic carbocycles. The van der Waals surface area contributed by atoms with Gasteiger partial charge in [-0.3, -0.25) is 4.79 Å². The van der Waals surface area contributed by atoms with Gasteiger partial charge < -0.3 is 14.8 Å². The van der Waals surface area contributed by atoms with Gasteiger partial charge in [0.25, 0.3) is 0 Å². The summed E-state index contributed by atoms with van der Waals surface area (Å²) in [6.07, 6.45) is -6.68. The van der Waals surface area contributed by atoms with E-state index in [1.165, 1.54) is 13.8 Å². The standard InChI is InChI=1S/C12H18F3NO5/c1-3-20-9(18)11(16-8-17,10(19)21-4-2)6-5-7-12(13,14)15/h8H,3-7H2,1-2H3,(H,16,17). The molecule has 21 heavy (non-hydrogen) atoms. The van der Waals surface area contributed by atoms with Crippen molar-refractivity contribution >= 4 is 18.3 Å². The van der Waals surface area contributed by atoms with E-state index in [-0.39, 0.29) is 19.6 Å². The van der Waals surface area contributed by atoms with Crippen LogP contribution < -0.4 is 5.32 Å². The van der Waals surface area contributed by atoms with Crippen LogP contribution in [0.3, 0.4) is 0 Å². The first-order chi connectivity index (χ1) is 9.73. The van der Waals surface area contributed by atoms with Crippen LogP contribution in [-0.4, -0.2) is 43.3 Å². The van der Waals surface area contributed by atoms with Crippen LogP contribution in [0.5, 0.6) is 0 Å². The Morgan fingerprint density at radius 1 is 1.05 bits per heavy atom. The Balaban J connectivity index is 5.21. The van der Waals surface area contributed by atoms with Crippen molar-refractivity contribution in [3.05, 3.63) is 0 Å². The van der Waals surface area contributed by atoms with Crippen molar-refractivity contribution in [3.8, 4) is 0 Å². The first-order valence-electron chi connectivity index (χ1n) is 6.36. The third-order valence-electron chi connectivity index (χ3n) is 2.57. The van der Waals surface area contributed by atoms with Crippen molar-refractivity contribution in [1.82, 2.24) is 5.32 Å². The largest absolute Gasteiger partial charge is 0.464 e. The van der Waals surface area contributed by atoms with E-state index < -0.39 is 42.9 Å². The Labute approximate surface area is 120 Å². The molecule has 0 unspecified atom stereocenters. The van der Waals surface area contributed by atoms with E-state index in [0.29, 0.717) is 0 Å². The minimum absolute atomic E-state index is 0.0570. The summed E-state index contributed by atoms with van der Waals surface area (Å²) in [7, 11) is 0. The number of nitrogens with one attached hydrogen (secondary N) is 1. The van der Waals surface area contributed by atoms with E-state index in [0.717, 1.165) is 0 Å². The van der Waals surface area contributed by atoms with Crippen LogP contribution in [0.25, 0.3) is 0 Å². The Bertz CT molecular complexity index is 352. The highest BCUT2D eigenvalue weighted by atomic mass is 19.4. The van der Waals surface area contributed by atoms with E-state index >= 15 is 0 Å². The molecule has 1 N–H and O–H groups in total. The zero-order valence-corrected chi connectivity index (χ0v) is 11.8. The molecule has 6 nitrogen and oxygen atoms in total. The second kappa shape index (κ2) is 8.48. The fourth-order valence-corrected chi connectivity index (χ4v) is 1.64. The fourth-order valence-electron chi connectivity index (χ4n) is 1.64. The average Bonchev–Trinajstić information content (AvgIpc) is 2.36. The van der Waals surface area contributed by atoms with Crippen molar-refractivity contribution in [3.63, 3.8) is 0 Å². The zero-order valence-electron chi connectivity index (χ0n) is 11.8. The summed E-state index contributed by atoms with van der Waals surface area (Å²) >= 11 is 0. The van der Waals surface area contributed by atoms with Crippen LogP contribution in [-0.2, 0) is 23.9 Å². The molecular formula is C12H18F3NO5. The molecule has 0 aliphatic heterocycles. The number of amides is 1. The lowest BCUT2D eigenvalue weighted by atomic mass is 9.92. The molecule has 122 valence electrons. The van der Waals surface area contributed by atoms with Gasteiger partial charge in [-0.15, -0.1) is 0 Å². The number of halogens is 3. The van der Waals surface area contributed by atoms with E-state index in [1.807, 2.05) is 5.32 Å². The highest BCUT2D eigenvalue weighted by Crippen LogP contribution is 2.26. The molecule has 9 heteroatoms. The Morgan fingerprint density at radius 3 is 1.86 bits per heavy atom. The second-order valence-corrected chi connectivity index (χ2v) is 4.08. The number of carbonyl (C=O) groups excluding carboxylic acids is 3. The molecule has 0 radical (unpaired) electrons. The van der Waals surface area contributed by atoms with Crippen LogP contribution in [0.15, 0.2) is 0 Å². The highest BCUT2D eigenvalue weighted by molar-refractivity contribution is 6.06. The van der Waals surface area contributed by atoms with Gasteiger partial charge in [-0.2, -0.15) is 13.2 Å². The maximum atomic E-state index is 12.2. The first kappa shape index (κ1) is 19.2. The molecule has 0 saturated heterocycles. The Morgan fingerprint density at radius 2 is 1.52 bits per heavy atom. The molecule has 0 heterocycles. The van der Waals surface area contributed by atoms with Crippen molar-refractivity contribution in [2.45, 2.75) is 44.8 Å². The van der Waals surface area contributed by atoms with Crippen LogP contribution in [0, 0.1) is 0 Å². The van der Waals surface area contributed by atoms with Gasteiger partial charge in [0.05, 0.1) is 13.2 Å². The second-order valence-electron chi connectivity index (χ2n) is 4.08. The summed E-state index contributed by atoms with van der Waals surface area (Å²) < 4.78 is 45.9. The van der Waals surface area contributed by atoms with E-state index in [9.17, 15) is 27.6 Å². The van der Waals surface area contributed by atoms with Crippen LogP contribution in [0.2, 0.25) is 0 Å². The van der Waals surface area contributed by atoms with Gasteiger partial charge in [0.1, 0.15) is 0 Å². The van der Waals surface area contributed by atoms with Gasteiger partial charge in [0, 0.05) is 6.42 Å². The number of rotatable bonds is 9. The summed E-state index contributed by atoms with van der Waals surface area (Å²) in [5, 5.41) is 1.95. The van der Waals surface area contributed by atoms with Gasteiger partial charge in [-0.05, 0) is 26.7 Å². The monoisotopic (exact) mass is 313 g/mol. The van der Waals surface area contributed by atoms with Gasteiger partial charge in [-0.25, -0.2) is 9.59 Å². The summed E-state index contributed by atoms with van der Waals surface area (Å²) in [5.74, 6) is -2.28. The Kier molecular flexibility index (Phi) is 7.75.